The molecule has 1 fully saturated rings. The average molecular weight is 444 g/mol. The molecule has 3 heterocycles. The van der Waals surface area contributed by atoms with Crippen LogP contribution in [0.15, 0.2) is 66.0 Å². The fourth-order valence-electron chi connectivity index (χ4n) is 4.09. The summed E-state index contributed by atoms with van der Waals surface area (Å²) >= 11 is 6.41. The molecule has 0 amide bonds. The molecule has 9 heteroatoms. The van der Waals surface area contributed by atoms with Gasteiger partial charge in [-0.3, -0.25) is 9.36 Å². The van der Waals surface area contributed by atoms with Gasteiger partial charge in [0.25, 0.3) is 5.56 Å². The van der Waals surface area contributed by atoms with Crippen LogP contribution in [0.25, 0.3) is 27.8 Å². The number of anilines is 1. The summed E-state index contributed by atoms with van der Waals surface area (Å²) in [4.78, 5) is 34.6. The van der Waals surface area contributed by atoms with Crippen molar-refractivity contribution in [1.29, 1.82) is 0 Å². The van der Waals surface area contributed by atoms with Gasteiger partial charge in [0, 0.05) is 0 Å². The van der Waals surface area contributed by atoms with Crippen LogP contribution in [0.2, 0.25) is 5.02 Å². The largest absolute Gasteiger partial charge is 0.358 e. The van der Waals surface area contributed by atoms with Crippen molar-refractivity contribution < 1.29 is 0 Å². The maximum atomic E-state index is 13.7. The van der Waals surface area contributed by atoms with E-state index in [4.69, 9.17) is 16.6 Å². The Balaban J connectivity index is 1.59. The number of rotatable bonds is 5. The second-order valence-electron chi connectivity index (χ2n) is 7.86. The smallest absolute Gasteiger partial charge is 0.267 e. The molecule has 32 heavy (non-hydrogen) atoms. The summed E-state index contributed by atoms with van der Waals surface area (Å²) in [6, 6.07) is 14.6. The summed E-state index contributed by atoms with van der Waals surface area (Å²) in [6.07, 6.45) is 5.14. The van der Waals surface area contributed by atoms with Gasteiger partial charge in [0.2, 0.25) is 0 Å². The summed E-state index contributed by atoms with van der Waals surface area (Å²) in [7, 11) is 0. The number of H-pyrrole nitrogens is 1. The van der Waals surface area contributed by atoms with E-state index in [0.29, 0.717) is 39.1 Å². The van der Waals surface area contributed by atoms with Gasteiger partial charge in [-0.15, -0.1) is 0 Å². The van der Waals surface area contributed by atoms with Crippen molar-refractivity contribution in [3.63, 3.8) is 0 Å². The zero-order chi connectivity index (χ0) is 21.7. The van der Waals surface area contributed by atoms with Gasteiger partial charge in [-0.1, -0.05) is 35.9 Å². The standard InChI is InChI=1S/C23H18ClN7O/c24-15-7-4-8-16-17(15)23(32)31(14-5-2-1-3-6-14)22(29-16)18(13-9-10-13)30-21-19-20(26-11-25-19)27-12-28-21/h1-8,11-13,18H,9-10H2,(H2,25,26,27,28,30). The van der Waals surface area contributed by atoms with Gasteiger partial charge in [-0.2, -0.15) is 0 Å². The molecular formula is C23H18ClN7O. The topological polar surface area (TPSA) is 101 Å². The van der Waals surface area contributed by atoms with E-state index in [0.717, 1.165) is 24.0 Å². The Morgan fingerprint density at radius 3 is 2.72 bits per heavy atom. The lowest BCUT2D eigenvalue weighted by Gasteiger charge is -2.23. The molecule has 0 bridgehead atoms. The van der Waals surface area contributed by atoms with Crippen LogP contribution in [-0.2, 0) is 0 Å². The zero-order valence-electron chi connectivity index (χ0n) is 16.9. The molecule has 0 spiro atoms. The van der Waals surface area contributed by atoms with Crippen LogP contribution >= 0.6 is 11.6 Å². The Bertz CT molecular complexity index is 1510. The molecule has 0 saturated heterocycles. The number of fused-ring (bicyclic) bond motifs is 2. The van der Waals surface area contributed by atoms with E-state index in [2.05, 4.69) is 25.3 Å². The van der Waals surface area contributed by atoms with E-state index >= 15 is 0 Å². The van der Waals surface area contributed by atoms with E-state index in [1.54, 1.807) is 17.0 Å². The van der Waals surface area contributed by atoms with Gasteiger partial charge in [-0.05, 0) is 43.0 Å². The summed E-state index contributed by atoms with van der Waals surface area (Å²) in [6.45, 7) is 0. The van der Waals surface area contributed by atoms with Crippen LogP contribution in [0.5, 0.6) is 0 Å². The summed E-state index contributed by atoms with van der Waals surface area (Å²) in [5, 5.41) is 4.33. The van der Waals surface area contributed by atoms with Crippen molar-refractivity contribution in [2.24, 2.45) is 5.92 Å². The Hall–Kier alpha value is -3.78. The molecule has 2 N–H and O–H groups in total. The molecule has 5 aromatic rings. The summed E-state index contributed by atoms with van der Waals surface area (Å²) in [5.74, 6) is 1.58. The highest BCUT2D eigenvalue weighted by atomic mass is 35.5. The van der Waals surface area contributed by atoms with Crippen molar-refractivity contribution in [3.8, 4) is 5.69 Å². The number of nitrogens with zero attached hydrogens (tertiary/aromatic N) is 5. The van der Waals surface area contributed by atoms with Crippen molar-refractivity contribution in [1.82, 2.24) is 29.5 Å². The Kier molecular flexibility index (Phi) is 4.39. The Morgan fingerprint density at radius 2 is 1.91 bits per heavy atom. The van der Waals surface area contributed by atoms with E-state index in [9.17, 15) is 4.79 Å². The molecule has 8 nitrogen and oxygen atoms in total. The van der Waals surface area contributed by atoms with Crippen molar-refractivity contribution in [2.45, 2.75) is 18.9 Å². The van der Waals surface area contributed by atoms with Crippen LogP contribution < -0.4 is 10.9 Å². The van der Waals surface area contributed by atoms with E-state index in [-0.39, 0.29) is 11.6 Å². The maximum absolute atomic E-state index is 13.7. The third kappa shape index (κ3) is 3.11. The Morgan fingerprint density at radius 1 is 1.06 bits per heavy atom. The van der Waals surface area contributed by atoms with Crippen LogP contribution in [0.4, 0.5) is 5.82 Å². The van der Waals surface area contributed by atoms with E-state index in [1.807, 2.05) is 42.5 Å². The van der Waals surface area contributed by atoms with Gasteiger partial charge in [0.05, 0.1) is 34.0 Å². The van der Waals surface area contributed by atoms with Gasteiger partial charge in [0.1, 0.15) is 17.7 Å². The first-order chi connectivity index (χ1) is 15.7. The van der Waals surface area contributed by atoms with Crippen molar-refractivity contribution in [3.05, 3.63) is 82.4 Å². The van der Waals surface area contributed by atoms with Crippen molar-refractivity contribution in [2.75, 3.05) is 5.32 Å². The van der Waals surface area contributed by atoms with Gasteiger partial charge in [0.15, 0.2) is 11.5 Å². The van der Waals surface area contributed by atoms with Crippen molar-refractivity contribution >= 4 is 39.5 Å². The second-order valence-corrected chi connectivity index (χ2v) is 8.27. The third-order valence-corrected chi connectivity index (χ3v) is 6.09. The molecule has 158 valence electrons. The minimum atomic E-state index is -0.229. The SMILES string of the molecule is O=c1c2c(Cl)cccc2nc(C(Nc2ncnc3nc[nH]c23)C2CC2)n1-c1ccccc1. The molecule has 3 aromatic heterocycles. The number of para-hydroxylation sites is 1. The minimum Gasteiger partial charge on any atom is -0.358 e. The lowest BCUT2D eigenvalue weighted by Crippen LogP contribution is -2.29. The van der Waals surface area contributed by atoms with E-state index < -0.39 is 0 Å². The highest BCUT2D eigenvalue weighted by molar-refractivity contribution is 6.35. The predicted molar refractivity (Wildman–Crippen MR) is 123 cm³/mol. The molecular weight excluding hydrogens is 426 g/mol. The third-order valence-electron chi connectivity index (χ3n) is 5.77. The van der Waals surface area contributed by atoms with Crippen LogP contribution in [0, 0.1) is 5.92 Å². The fourth-order valence-corrected chi connectivity index (χ4v) is 4.34. The quantitative estimate of drug-likeness (QED) is 0.420. The number of benzene rings is 2. The lowest BCUT2D eigenvalue weighted by molar-refractivity contribution is 0.609. The number of nitrogens with one attached hydrogen (secondary N) is 2. The monoisotopic (exact) mass is 443 g/mol. The van der Waals surface area contributed by atoms with Crippen LogP contribution in [0.3, 0.4) is 0 Å². The molecule has 0 aliphatic heterocycles. The Labute approximate surface area is 187 Å². The fraction of sp³-hybridized carbons (Fsp3) is 0.174. The molecule has 1 saturated carbocycles. The number of halogens is 1. The highest BCUT2D eigenvalue weighted by Crippen LogP contribution is 2.43. The normalized spacial score (nSPS) is 14.7. The number of hydrogen-bond donors (Lipinski definition) is 2. The minimum absolute atomic E-state index is 0.191. The second kappa shape index (κ2) is 7.42. The summed E-state index contributed by atoms with van der Waals surface area (Å²) in [5.41, 5.74) is 2.42. The first kappa shape index (κ1) is 18.9. The van der Waals surface area contributed by atoms with Crippen LogP contribution in [0.1, 0.15) is 24.7 Å². The van der Waals surface area contributed by atoms with Gasteiger partial charge < -0.3 is 10.3 Å². The van der Waals surface area contributed by atoms with E-state index in [1.165, 1.54) is 6.33 Å². The molecule has 1 aliphatic carbocycles. The average Bonchev–Trinajstić information content (AvgIpc) is 3.53. The first-order valence-electron chi connectivity index (χ1n) is 10.4. The zero-order valence-corrected chi connectivity index (χ0v) is 17.6. The van der Waals surface area contributed by atoms with Gasteiger partial charge >= 0.3 is 0 Å². The number of aromatic amines is 1. The van der Waals surface area contributed by atoms with Crippen LogP contribution in [-0.4, -0.2) is 29.5 Å². The summed E-state index contributed by atoms with van der Waals surface area (Å²) < 4.78 is 1.66. The lowest BCUT2D eigenvalue weighted by atomic mass is 10.1. The molecule has 1 unspecified atom stereocenters. The number of imidazole rings is 1. The molecule has 1 aliphatic rings. The maximum Gasteiger partial charge on any atom is 0.267 e. The highest BCUT2D eigenvalue weighted by Gasteiger charge is 2.36. The number of hydrogen-bond acceptors (Lipinski definition) is 6. The molecule has 1 atom stereocenters. The first-order valence-corrected chi connectivity index (χ1v) is 10.8. The van der Waals surface area contributed by atoms with Gasteiger partial charge in [-0.25, -0.2) is 19.9 Å². The predicted octanol–water partition coefficient (Wildman–Crippen LogP) is 4.27. The molecule has 0 radical (unpaired) electrons. The molecule has 6 rings (SSSR count). The number of aromatic nitrogens is 6. The molecule has 2 aromatic carbocycles.